The van der Waals surface area contributed by atoms with E-state index in [2.05, 4.69) is 4.18 Å². The van der Waals surface area contributed by atoms with E-state index >= 15 is 0 Å². The largest absolute Gasteiger partial charge is 0.402 e. The predicted molar refractivity (Wildman–Crippen MR) is 82.9 cm³/mol. The summed E-state index contributed by atoms with van der Waals surface area (Å²) in [6, 6.07) is 9.76. The average Bonchev–Trinajstić information content (AvgIpc) is 2.84. The van der Waals surface area contributed by atoms with Gasteiger partial charge in [0.25, 0.3) is 0 Å². The SMILES string of the molecule is COS(=O)(=O)O[C@]1(SC)C=C(c2ccccc2)SS1. The zero-order valence-electron chi connectivity index (χ0n) is 10.2. The molecule has 4 nitrogen and oxygen atoms in total. The van der Waals surface area contributed by atoms with E-state index in [9.17, 15) is 8.42 Å². The summed E-state index contributed by atoms with van der Waals surface area (Å²) in [7, 11) is -0.0666. The molecule has 1 heterocycles. The first-order valence-electron chi connectivity index (χ1n) is 5.20. The quantitative estimate of drug-likeness (QED) is 0.603. The van der Waals surface area contributed by atoms with Crippen LogP contribution in [0.1, 0.15) is 5.56 Å². The van der Waals surface area contributed by atoms with E-state index in [0.29, 0.717) is 0 Å². The summed E-state index contributed by atoms with van der Waals surface area (Å²) < 4.78 is 31.4. The van der Waals surface area contributed by atoms with Crippen molar-refractivity contribution in [3.05, 3.63) is 42.0 Å². The van der Waals surface area contributed by atoms with Gasteiger partial charge in [0.1, 0.15) is 0 Å². The minimum Gasteiger partial charge on any atom is -0.251 e. The summed E-state index contributed by atoms with van der Waals surface area (Å²) in [4.78, 5) is 0.978. The Morgan fingerprint density at radius 2 is 1.95 bits per heavy atom. The smallest absolute Gasteiger partial charge is 0.251 e. The molecule has 8 heteroatoms. The van der Waals surface area contributed by atoms with Crippen LogP contribution in [-0.2, 0) is 18.8 Å². The summed E-state index contributed by atoms with van der Waals surface area (Å²) >= 11 is 1.30. The highest BCUT2D eigenvalue weighted by Crippen LogP contribution is 2.58. The van der Waals surface area contributed by atoms with Crippen LogP contribution in [0.5, 0.6) is 0 Å². The zero-order valence-corrected chi connectivity index (χ0v) is 13.5. The molecule has 1 aromatic carbocycles. The Bertz CT molecular complexity index is 570. The first-order valence-corrected chi connectivity index (χ1v) is 9.91. The second-order valence-electron chi connectivity index (χ2n) is 3.51. The van der Waals surface area contributed by atoms with Gasteiger partial charge in [-0.15, -0.1) is 11.8 Å². The van der Waals surface area contributed by atoms with Crippen molar-refractivity contribution in [1.82, 2.24) is 0 Å². The molecule has 1 aliphatic rings. The van der Waals surface area contributed by atoms with Crippen molar-refractivity contribution in [3.63, 3.8) is 0 Å². The summed E-state index contributed by atoms with van der Waals surface area (Å²) in [6.45, 7) is 0. The molecule has 1 aliphatic heterocycles. The Hall–Kier alpha value is -0.120. The van der Waals surface area contributed by atoms with Crippen molar-refractivity contribution in [3.8, 4) is 0 Å². The highest BCUT2D eigenvalue weighted by Gasteiger charge is 2.40. The Morgan fingerprint density at radius 3 is 2.53 bits per heavy atom. The van der Waals surface area contributed by atoms with Crippen LogP contribution in [0.25, 0.3) is 4.91 Å². The third-order valence-electron chi connectivity index (χ3n) is 2.32. The van der Waals surface area contributed by atoms with E-state index in [4.69, 9.17) is 4.18 Å². The molecule has 0 saturated heterocycles. The van der Waals surface area contributed by atoms with Gasteiger partial charge < -0.3 is 0 Å². The van der Waals surface area contributed by atoms with E-state index in [1.165, 1.54) is 33.3 Å². The molecule has 0 unspecified atom stereocenters. The van der Waals surface area contributed by atoms with Crippen molar-refractivity contribution >= 4 is 48.7 Å². The fourth-order valence-electron chi connectivity index (χ4n) is 1.39. The van der Waals surface area contributed by atoms with Gasteiger partial charge in [-0.2, -0.15) is 8.42 Å². The Kier molecular flexibility index (Phi) is 4.91. The molecule has 0 saturated carbocycles. The summed E-state index contributed by atoms with van der Waals surface area (Å²) in [6.07, 6.45) is 3.60. The number of hydrogen-bond acceptors (Lipinski definition) is 7. The van der Waals surface area contributed by atoms with Crippen molar-refractivity contribution < 1.29 is 16.8 Å². The van der Waals surface area contributed by atoms with Gasteiger partial charge in [0, 0.05) is 4.91 Å². The van der Waals surface area contributed by atoms with Crippen LogP contribution in [0.3, 0.4) is 0 Å². The summed E-state index contributed by atoms with van der Waals surface area (Å²) in [5.41, 5.74) is 1.04. The number of hydrogen-bond donors (Lipinski definition) is 0. The number of thioether (sulfide) groups is 1. The molecule has 19 heavy (non-hydrogen) atoms. The van der Waals surface area contributed by atoms with Crippen LogP contribution < -0.4 is 0 Å². The minimum absolute atomic E-state index is 0.978. The molecule has 1 aromatic rings. The molecule has 0 amide bonds. The molecule has 1 atom stereocenters. The number of rotatable bonds is 5. The van der Waals surface area contributed by atoms with E-state index in [-0.39, 0.29) is 0 Å². The minimum atomic E-state index is -3.98. The maximum absolute atomic E-state index is 11.5. The van der Waals surface area contributed by atoms with Gasteiger partial charge in [-0.25, -0.2) is 4.18 Å². The Balaban J connectivity index is 2.28. The molecule has 0 spiro atoms. The van der Waals surface area contributed by atoms with E-state index in [0.717, 1.165) is 17.6 Å². The molecule has 104 valence electrons. The normalized spacial score (nSPS) is 23.4. The van der Waals surface area contributed by atoms with Crippen LogP contribution in [-0.4, -0.2) is 26.0 Å². The summed E-state index contributed by atoms with van der Waals surface area (Å²) in [5.74, 6) is 0. The monoisotopic (exact) mass is 336 g/mol. The second-order valence-corrected chi connectivity index (χ2v) is 8.48. The van der Waals surface area contributed by atoms with E-state index in [1.807, 2.05) is 30.3 Å². The van der Waals surface area contributed by atoms with Crippen molar-refractivity contribution in [2.75, 3.05) is 13.4 Å². The lowest BCUT2D eigenvalue weighted by Crippen LogP contribution is -2.24. The molecule has 0 radical (unpaired) electrons. The lowest BCUT2D eigenvalue weighted by atomic mass is 10.2. The lowest BCUT2D eigenvalue weighted by molar-refractivity contribution is 0.236. The first-order chi connectivity index (χ1) is 9.00. The van der Waals surface area contributed by atoms with Gasteiger partial charge in [-0.1, -0.05) is 41.1 Å². The molecular formula is C11H12O4S4. The van der Waals surface area contributed by atoms with E-state index in [1.54, 1.807) is 12.3 Å². The van der Waals surface area contributed by atoms with Crippen LogP contribution >= 0.6 is 33.3 Å². The third-order valence-corrected chi connectivity index (χ3v) is 7.83. The molecule has 0 N–H and O–H groups in total. The number of benzene rings is 1. The Labute approximate surface area is 125 Å². The van der Waals surface area contributed by atoms with Gasteiger partial charge in [-0.05, 0) is 28.7 Å². The predicted octanol–water partition coefficient (Wildman–Crippen LogP) is 3.35. The molecule has 0 fully saturated rings. The standard InChI is InChI=1S/C11H12O4S4/c1-14-19(12,13)15-11(16-2)8-10(17-18-11)9-6-4-3-5-7-9/h3-8H,1-2H3/t11-/m0/s1. The topological polar surface area (TPSA) is 52.6 Å². The fraction of sp³-hybridized carbons (Fsp3) is 0.273. The fourth-order valence-corrected chi connectivity index (χ4v) is 6.51. The third kappa shape index (κ3) is 3.71. The van der Waals surface area contributed by atoms with Crippen molar-refractivity contribution in [1.29, 1.82) is 0 Å². The van der Waals surface area contributed by atoms with Gasteiger partial charge >= 0.3 is 10.4 Å². The zero-order chi connectivity index (χ0) is 13.9. The van der Waals surface area contributed by atoms with Gasteiger partial charge in [0.15, 0.2) is 0 Å². The van der Waals surface area contributed by atoms with Gasteiger partial charge in [-0.3, -0.25) is 4.18 Å². The lowest BCUT2D eigenvalue weighted by Gasteiger charge is -2.21. The molecule has 0 bridgehead atoms. The van der Waals surface area contributed by atoms with E-state index < -0.39 is 14.7 Å². The van der Waals surface area contributed by atoms with Crippen LogP contribution in [0, 0.1) is 0 Å². The maximum atomic E-state index is 11.5. The van der Waals surface area contributed by atoms with Crippen molar-refractivity contribution in [2.24, 2.45) is 0 Å². The van der Waals surface area contributed by atoms with Crippen LogP contribution in [0.4, 0.5) is 0 Å². The molecular weight excluding hydrogens is 324 g/mol. The average molecular weight is 336 g/mol. The van der Waals surface area contributed by atoms with Gasteiger partial charge in [0.05, 0.1) is 7.11 Å². The molecule has 0 aliphatic carbocycles. The Morgan fingerprint density at radius 1 is 1.26 bits per heavy atom. The highest BCUT2D eigenvalue weighted by atomic mass is 33.1. The molecule has 2 rings (SSSR count). The van der Waals surface area contributed by atoms with Crippen molar-refractivity contribution in [2.45, 2.75) is 4.27 Å². The summed E-state index contributed by atoms with van der Waals surface area (Å²) in [5, 5.41) is 0. The van der Waals surface area contributed by atoms with Crippen LogP contribution in [0.2, 0.25) is 0 Å². The first kappa shape index (κ1) is 15.3. The van der Waals surface area contributed by atoms with Crippen LogP contribution in [0.15, 0.2) is 36.4 Å². The maximum Gasteiger partial charge on any atom is 0.402 e. The highest BCUT2D eigenvalue weighted by molar-refractivity contribution is 8.82. The molecule has 0 aromatic heterocycles. The second kappa shape index (κ2) is 6.11. The van der Waals surface area contributed by atoms with Gasteiger partial charge in [0.2, 0.25) is 4.27 Å².